The molecule has 2 unspecified atom stereocenters. The number of hydrogen-bond acceptors (Lipinski definition) is 4. The number of primary amides is 1. The molecule has 168 valence electrons. The average Bonchev–Trinajstić information content (AvgIpc) is 3.07. The monoisotopic (exact) mass is 439 g/mol. The van der Waals surface area contributed by atoms with Gasteiger partial charge in [0.15, 0.2) is 0 Å². The quantitative estimate of drug-likeness (QED) is 0.496. The average molecular weight is 440 g/mol. The molecule has 1 spiro atoms. The van der Waals surface area contributed by atoms with Gasteiger partial charge in [-0.15, -0.1) is 11.8 Å². The Balaban J connectivity index is 1.59. The number of nitrogens with one attached hydrogen (secondary N) is 2. The van der Waals surface area contributed by atoms with Crippen molar-refractivity contribution in [1.29, 1.82) is 0 Å². The van der Waals surface area contributed by atoms with Crippen LogP contribution < -0.4 is 16.4 Å². The van der Waals surface area contributed by atoms with Crippen LogP contribution in [-0.4, -0.2) is 35.7 Å². The fourth-order valence-electron chi connectivity index (χ4n) is 4.79. The molecule has 30 heavy (non-hydrogen) atoms. The zero-order valence-electron chi connectivity index (χ0n) is 18.1. The molecule has 0 aromatic heterocycles. The van der Waals surface area contributed by atoms with Crippen LogP contribution in [-0.2, 0) is 4.79 Å². The largest absolute Gasteiger partial charge is 0.383 e. The van der Waals surface area contributed by atoms with Crippen LogP contribution in [0.15, 0.2) is 29.2 Å². The summed E-state index contributed by atoms with van der Waals surface area (Å²) in [6.45, 7) is 5.47. The molecule has 4 nitrogen and oxygen atoms in total. The molecule has 3 rings (SSSR count). The predicted molar refractivity (Wildman–Crippen MR) is 120 cm³/mol. The van der Waals surface area contributed by atoms with Crippen molar-refractivity contribution >= 4 is 23.4 Å². The van der Waals surface area contributed by atoms with E-state index < -0.39 is 10.7 Å². The maximum Gasteiger partial charge on any atom is 0.248 e. The highest BCUT2D eigenvalue weighted by molar-refractivity contribution is 8.01. The molecule has 4 N–H and O–H groups in total. The van der Waals surface area contributed by atoms with E-state index in [1.165, 1.54) is 6.92 Å². The molecule has 2 atom stereocenters. The first-order chi connectivity index (χ1) is 14.2. The number of halogens is 2. The van der Waals surface area contributed by atoms with Crippen molar-refractivity contribution in [3.8, 4) is 0 Å². The summed E-state index contributed by atoms with van der Waals surface area (Å²) in [6.07, 6.45) is 5.15. The first kappa shape index (κ1) is 23.3. The number of hydrogen-bond donors (Lipinski definition) is 3. The molecule has 0 bridgehead atoms. The molecule has 2 aliphatic rings. The highest BCUT2D eigenvalue weighted by Crippen LogP contribution is 2.56. The number of alkyl halides is 2. The minimum Gasteiger partial charge on any atom is -0.383 e. The molecule has 1 aromatic carbocycles. The van der Waals surface area contributed by atoms with Crippen LogP contribution in [0.25, 0.3) is 0 Å². The van der Waals surface area contributed by atoms with Gasteiger partial charge in [0.2, 0.25) is 11.8 Å². The summed E-state index contributed by atoms with van der Waals surface area (Å²) < 4.78 is 26.4. The minimum absolute atomic E-state index is 0.0347. The minimum atomic E-state index is -2.59. The van der Waals surface area contributed by atoms with Gasteiger partial charge >= 0.3 is 0 Å². The van der Waals surface area contributed by atoms with Crippen LogP contribution in [0.4, 0.5) is 14.5 Å². The lowest BCUT2D eigenvalue weighted by Crippen LogP contribution is -2.42. The number of carbonyl (C=O) groups is 1. The van der Waals surface area contributed by atoms with Crippen molar-refractivity contribution in [3.05, 3.63) is 24.3 Å². The van der Waals surface area contributed by atoms with E-state index in [0.717, 1.165) is 55.8 Å². The van der Waals surface area contributed by atoms with Gasteiger partial charge in [-0.25, -0.2) is 8.78 Å². The van der Waals surface area contributed by atoms with Crippen molar-refractivity contribution in [1.82, 2.24) is 5.32 Å². The summed E-state index contributed by atoms with van der Waals surface area (Å²) in [6, 6.07) is 7.88. The molecule has 1 aliphatic heterocycles. The third-order valence-electron chi connectivity index (χ3n) is 6.87. The maximum absolute atomic E-state index is 13.5. The van der Waals surface area contributed by atoms with Gasteiger partial charge < -0.3 is 16.4 Å². The van der Waals surface area contributed by atoms with Crippen LogP contribution in [0.2, 0.25) is 0 Å². The number of benzene rings is 1. The van der Waals surface area contributed by atoms with Crippen molar-refractivity contribution in [2.24, 2.45) is 11.1 Å². The number of amides is 1. The van der Waals surface area contributed by atoms with Crippen LogP contribution in [0.1, 0.15) is 65.2 Å². The Morgan fingerprint density at radius 2 is 1.90 bits per heavy atom. The number of piperidine rings is 1. The summed E-state index contributed by atoms with van der Waals surface area (Å²) in [5.41, 5.74) is 7.04. The second-order valence-corrected chi connectivity index (χ2v) is 10.7. The van der Waals surface area contributed by atoms with E-state index in [2.05, 4.69) is 10.6 Å². The normalized spacial score (nSPS) is 24.7. The zero-order valence-corrected chi connectivity index (χ0v) is 18.9. The molecule has 1 aromatic rings. The number of nitrogens with two attached hydrogens (primary N) is 1. The van der Waals surface area contributed by atoms with Gasteiger partial charge in [0.25, 0.3) is 0 Å². The summed E-state index contributed by atoms with van der Waals surface area (Å²) in [4.78, 5) is 13.5. The molecule has 1 heterocycles. The van der Waals surface area contributed by atoms with Gasteiger partial charge in [-0.05, 0) is 88.2 Å². The SMILES string of the molecule is CCC(F)(F)CCC(C)Nc1ccc(SC2(C(N)=O)CCC3(CCNCC3)C2)cc1. The third kappa shape index (κ3) is 5.67. The number of rotatable bonds is 9. The molecule has 2 fully saturated rings. The maximum atomic E-state index is 13.5. The van der Waals surface area contributed by atoms with Gasteiger partial charge in [-0.3, -0.25) is 4.79 Å². The van der Waals surface area contributed by atoms with E-state index in [1.54, 1.807) is 11.8 Å². The lowest BCUT2D eigenvalue weighted by atomic mass is 9.77. The van der Waals surface area contributed by atoms with Crippen molar-refractivity contribution < 1.29 is 13.6 Å². The van der Waals surface area contributed by atoms with E-state index >= 15 is 0 Å². The third-order valence-corrected chi connectivity index (χ3v) is 8.32. The first-order valence-corrected chi connectivity index (χ1v) is 11.9. The summed E-state index contributed by atoms with van der Waals surface area (Å²) in [5.74, 6) is -2.80. The standard InChI is InChI=1S/C23H35F2N3OS/c1-3-23(24,25)9-8-17(2)28-18-4-6-19(7-5-18)30-22(20(26)29)11-10-21(16-22)12-14-27-15-13-21/h4-7,17,27-28H,3,8-16H2,1-2H3,(H2,26,29). The molecular weight excluding hydrogens is 404 g/mol. The molecule has 1 aliphatic carbocycles. The molecule has 1 saturated carbocycles. The van der Waals surface area contributed by atoms with E-state index in [0.29, 0.717) is 6.42 Å². The Morgan fingerprint density at radius 1 is 1.23 bits per heavy atom. The fourth-order valence-corrected chi connectivity index (χ4v) is 6.19. The highest BCUT2D eigenvalue weighted by atomic mass is 32.2. The second-order valence-electron chi connectivity index (χ2n) is 9.21. The molecular formula is C23H35F2N3OS. The Hall–Kier alpha value is -1.34. The van der Waals surface area contributed by atoms with Gasteiger partial charge in [0, 0.05) is 29.5 Å². The lowest BCUT2D eigenvalue weighted by Gasteiger charge is -2.36. The number of anilines is 1. The van der Waals surface area contributed by atoms with E-state index in [1.807, 2.05) is 31.2 Å². The Labute approximate surface area is 183 Å². The molecule has 1 amide bonds. The zero-order chi connectivity index (χ0) is 21.8. The van der Waals surface area contributed by atoms with Crippen LogP contribution >= 0.6 is 11.8 Å². The topological polar surface area (TPSA) is 67.1 Å². The summed E-state index contributed by atoms with van der Waals surface area (Å²) in [5, 5.41) is 6.71. The highest BCUT2D eigenvalue weighted by Gasteiger charge is 2.52. The van der Waals surface area contributed by atoms with E-state index in [9.17, 15) is 13.6 Å². The number of thioether (sulfide) groups is 1. The van der Waals surface area contributed by atoms with Crippen molar-refractivity contribution in [2.45, 2.75) is 86.8 Å². The fraction of sp³-hybridized carbons (Fsp3) is 0.696. The van der Waals surface area contributed by atoms with Crippen molar-refractivity contribution in [3.63, 3.8) is 0 Å². The van der Waals surface area contributed by atoms with Crippen LogP contribution in [0, 0.1) is 5.41 Å². The van der Waals surface area contributed by atoms with Crippen LogP contribution in [0.3, 0.4) is 0 Å². The Kier molecular flexibility index (Phi) is 7.33. The summed E-state index contributed by atoms with van der Waals surface area (Å²) >= 11 is 1.60. The van der Waals surface area contributed by atoms with Crippen molar-refractivity contribution in [2.75, 3.05) is 18.4 Å². The van der Waals surface area contributed by atoms with Gasteiger partial charge in [0.05, 0.1) is 4.75 Å². The summed E-state index contributed by atoms with van der Waals surface area (Å²) in [7, 11) is 0. The lowest BCUT2D eigenvalue weighted by molar-refractivity contribution is -0.120. The van der Waals surface area contributed by atoms with Crippen LogP contribution in [0.5, 0.6) is 0 Å². The smallest absolute Gasteiger partial charge is 0.248 e. The van der Waals surface area contributed by atoms with Gasteiger partial charge in [-0.1, -0.05) is 6.92 Å². The molecule has 0 radical (unpaired) electrons. The molecule has 7 heteroatoms. The second kappa shape index (κ2) is 9.43. The Morgan fingerprint density at radius 3 is 2.50 bits per heavy atom. The van der Waals surface area contributed by atoms with E-state index in [4.69, 9.17) is 5.73 Å². The first-order valence-electron chi connectivity index (χ1n) is 11.1. The molecule has 1 saturated heterocycles. The number of carbonyl (C=O) groups excluding carboxylic acids is 1. The Bertz CT molecular complexity index is 722. The predicted octanol–water partition coefficient (Wildman–Crippen LogP) is 5.18. The van der Waals surface area contributed by atoms with Gasteiger partial charge in [0.1, 0.15) is 0 Å². The van der Waals surface area contributed by atoms with Gasteiger partial charge in [-0.2, -0.15) is 0 Å². The van der Waals surface area contributed by atoms with E-state index in [-0.39, 0.29) is 30.2 Å².